The molecule has 1 aromatic carbocycles. The molecule has 6 nitrogen and oxygen atoms in total. The summed E-state index contributed by atoms with van der Waals surface area (Å²) in [6.45, 7) is 2.06. The highest BCUT2D eigenvalue weighted by Gasteiger charge is 2.28. The molecule has 166 valence electrons. The number of hydrogen-bond acceptors (Lipinski definition) is 5. The lowest BCUT2D eigenvalue weighted by Gasteiger charge is -2.35. The van der Waals surface area contributed by atoms with Gasteiger partial charge >= 0.3 is 0 Å². The number of rotatable bonds is 8. The summed E-state index contributed by atoms with van der Waals surface area (Å²) in [5.74, 6) is 1.82. The highest BCUT2D eigenvalue weighted by atomic mass is 32.2. The van der Waals surface area contributed by atoms with Crippen molar-refractivity contribution >= 4 is 26.7 Å². The summed E-state index contributed by atoms with van der Waals surface area (Å²) in [5, 5.41) is 1.03. The zero-order chi connectivity index (χ0) is 21.8. The van der Waals surface area contributed by atoms with E-state index in [1.54, 1.807) is 6.33 Å². The van der Waals surface area contributed by atoms with Crippen molar-refractivity contribution in [3.05, 3.63) is 54.0 Å². The fourth-order valence-electron chi connectivity index (χ4n) is 4.70. The highest BCUT2D eigenvalue weighted by Crippen LogP contribution is 2.32. The van der Waals surface area contributed by atoms with Gasteiger partial charge in [-0.3, -0.25) is 0 Å². The van der Waals surface area contributed by atoms with Crippen LogP contribution in [0.5, 0.6) is 0 Å². The number of benzene rings is 1. The Morgan fingerprint density at radius 1 is 1.06 bits per heavy atom. The van der Waals surface area contributed by atoms with E-state index in [0.717, 1.165) is 49.0 Å². The summed E-state index contributed by atoms with van der Waals surface area (Å²) in [6, 6.07) is 10.8. The second-order valence-electron chi connectivity index (χ2n) is 8.93. The quantitative estimate of drug-likeness (QED) is 0.565. The summed E-state index contributed by atoms with van der Waals surface area (Å²) in [5.41, 5.74) is 3.29. The third-order valence-electron chi connectivity index (χ3n) is 6.56. The standard InChI is InChI=1S/C24H32N4O2S/c1-18-5-7-19(8-6-18)4-3-15-31(29,30)16-20-9-11-21(12-10-20)28(2)24-22-13-14-25-23(22)26-17-27-24/h5-8,13-14,17,20-21H,3-4,9-12,15-16H2,1-2H3,(H,25,26,27). The Morgan fingerprint density at radius 2 is 1.81 bits per heavy atom. The molecule has 0 aliphatic heterocycles. The van der Waals surface area contributed by atoms with Crippen LogP contribution in [0.25, 0.3) is 11.0 Å². The van der Waals surface area contributed by atoms with E-state index in [0.29, 0.717) is 18.2 Å². The summed E-state index contributed by atoms with van der Waals surface area (Å²) in [4.78, 5) is 14.1. The number of nitrogens with one attached hydrogen (secondary N) is 1. The smallest absolute Gasteiger partial charge is 0.150 e. The first kappa shape index (κ1) is 21.8. The Labute approximate surface area is 185 Å². The number of anilines is 1. The molecule has 1 aliphatic rings. The number of sulfone groups is 1. The Morgan fingerprint density at radius 3 is 2.55 bits per heavy atom. The maximum absolute atomic E-state index is 12.7. The van der Waals surface area contributed by atoms with Crippen molar-refractivity contribution < 1.29 is 8.42 Å². The number of aromatic amines is 1. The zero-order valence-electron chi connectivity index (χ0n) is 18.4. The topological polar surface area (TPSA) is 79.0 Å². The first-order chi connectivity index (χ1) is 14.9. The van der Waals surface area contributed by atoms with Gasteiger partial charge in [-0.05, 0) is 63.0 Å². The fraction of sp³-hybridized carbons (Fsp3) is 0.500. The van der Waals surface area contributed by atoms with E-state index >= 15 is 0 Å². The molecule has 0 amide bonds. The van der Waals surface area contributed by atoms with Crippen molar-refractivity contribution in [2.75, 3.05) is 23.5 Å². The molecule has 31 heavy (non-hydrogen) atoms. The van der Waals surface area contributed by atoms with Crippen molar-refractivity contribution in [1.29, 1.82) is 0 Å². The van der Waals surface area contributed by atoms with Crippen LogP contribution in [0.3, 0.4) is 0 Å². The molecule has 0 bridgehead atoms. The van der Waals surface area contributed by atoms with Crippen LogP contribution in [-0.4, -0.2) is 48.0 Å². The van der Waals surface area contributed by atoms with E-state index in [1.165, 1.54) is 11.1 Å². The molecule has 1 N–H and O–H groups in total. The molecule has 2 heterocycles. The van der Waals surface area contributed by atoms with E-state index in [-0.39, 0.29) is 11.7 Å². The lowest BCUT2D eigenvalue weighted by Crippen LogP contribution is -2.37. The molecule has 2 aromatic heterocycles. The number of aromatic nitrogens is 3. The van der Waals surface area contributed by atoms with Gasteiger partial charge in [-0.1, -0.05) is 29.8 Å². The molecule has 3 aromatic rings. The summed E-state index contributed by atoms with van der Waals surface area (Å²) >= 11 is 0. The van der Waals surface area contributed by atoms with Crippen LogP contribution in [0.15, 0.2) is 42.9 Å². The van der Waals surface area contributed by atoms with E-state index in [1.807, 2.05) is 12.3 Å². The first-order valence-electron chi connectivity index (χ1n) is 11.2. The summed E-state index contributed by atoms with van der Waals surface area (Å²) in [6.07, 6.45) is 8.90. The van der Waals surface area contributed by atoms with Gasteiger partial charge in [0.15, 0.2) is 9.84 Å². The van der Waals surface area contributed by atoms with E-state index in [4.69, 9.17) is 0 Å². The molecule has 4 rings (SSSR count). The number of H-pyrrole nitrogens is 1. The molecule has 0 radical (unpaired) electrons. The lowest BCUT2D eigenvalue weighted by atomic mass is 9.86. The molecule has 0 spiro atoms. The average molecular weight is 441 g/mol. The molecule has 7 heteroatoms. The molecule has 0 unspecified atom stereocenters. The molecule has 1 aliphatic carbocycles. The Balaban J connectivity index is 1.26. The van der Waals surface area contributed by atoms with Crippen LogP contribution in [-0.2, 0) is 16.3 Å². The van der Waals surface area contributed by atoms with E-state index in [9.17, 15) is 8.42 Å². The van der Waals surface area contributed by atoms with Gasteiger partial charge in [0.25, 0.3) is 0 Å². The predicted molar refractivity (Wildman–Crippen MR) is 126 cm³/mol. The number of hydrogen-bond donors (Lipinski definition) is 1. The third kappa shape index (κ3) is 5.45. The first-order valence-corrected chi connectivity index (χ1v) is 13.0. The third-order valence-corrected chi connectivity index (χ3v) is 8.45. The van der Waals surface area contributed by atoms with E-state index < -0.39 is 9.84 Å². The van der Waals surface area contributed by atoms with Crippen LogP contribution in [0.1, 0.15) is 43.2 Å². The van der Waals surface area contributed by atoms with Crippen molar-refractivity contribution in [1.82, 2.24) is 15.0 Å². The van der Waals surface area contributed by atoms with Crippen LogP contribution in [0.4, 0.5) is 5.82 Å². The maximum atomic E-state index is 12.7. The van der Waals surface area contributed by atoms with Crippen molar-refractivity contribution in [3.8, 4) is 0 Å². The van der Waals surface area contributed by atoms with Gasteiger partial charge in [-0.25, -0.2) is 18.4 Å². The minimum atomic E-state index is -3.01. The fourth-order valence-corrected chi connectivity index (χ4v) is 6.51. The number of aryl methyl sites for hydroxylation is 2. The summed E-state index contributed by atoms with van der Waals surface area (Å²) < 4.78 is 25.3. The van der Waals surface area contributed by atoms with Crippen LogP contribution in [0, 0.1) is 12.8 Å². The molecular weight excluding hydrogens is 408 g/mol. The van der Waals surface area contributed by atoms with Crippen molar-refractivity contribution in [2.24, 2.45) is 5.92 Å². The van der Waals surface area contributed by atoms with Crippen LogP contribution >= 0.6 is 0 Å². The predicted octanol–water partition coefficient (Wildman–Crippen LogP) is 4.31. The van der Waals surface area contributed by atoms with Gasteiger partial charge in [-0.2, -0.15) is 0 Å². The van der Waals surface area contributed by atoms with Gasteiger partial charge in [0.1, 0.15) is 17.8 Å². The van der Waals surface area contributed by atoms with Crippen LogP contribution in [0.2, 0.25) is 0 Å². The summed E-state index contributed by atoms with van der Waals surface area (Å²) in [7, 11) is -0.924. The Hall–Kier alpha value is -2.41. The molecule has 1 saturated carbocycles. The normalized spacial score (nSPS) is 19.5. The van der Waals surface area contributed by atoms with Gasteiger partial charge < -0.3 is 9.88 Å². The molecule has 0 saturated heterocycles. The monoisotopic (exact) mass is 440 g/mol. The van der Waals surface area contributed by atoms with Gasteiger partial charge in [0, 0.05) is 19.3 Å². The average Bonchev–Trinajstić information content (AvgIpc) is 3.24. The minimum Gasteiger partial charge on any atom is -0.356 e. The Kier molecular flexibility index (Phi) is 6.60. The van der Waals surface area contributed by atoms with Crippen molar-refractivity contribution in [3.63, 3.8) is 0 Å². The minimum absolute atomic E-state index is 0.270. The van der Waals surface area contributed by atoms with Gasteiger partial charge in [0.05, 0.1) is 16.9 Å². The van der Waals surface area contributed by atoms with Crippen LogP contribution < -0.4 is 4.90 Å². The van der Waals surface area contributed by atoms with Crippen molar-refractivity contribution in [2.45, 2.75) is 51.5 Å². The van der Waals surface area contributed by atoms with Gasteiger partial charge in [-0.15, -0.1) is 0 Å². The number of nitrogens with zero attached hydrogens (tertiary/aromatic N) is 3. The molecule has 1 fully saturated rings. The largest absolute Gasteiger partial charge is 0.356 e. The Bertz CT molecular complexity index is 1100. The number of fused-ring (bicyclic) bond motifs is 1. The van der Waals surface area contributed by atoms with Gasteiger partial charge in [0.2, 0.25) is 0 Å². The second kappa shape index (κ2) is 9.39. The van der Waals surface area contributed by atoms with E-state index in [2.05, 4.69) is 58.1 Å². The second-order valence-corrected chi connectivity index (χ2v) is 11.2. The SMILES string of the molecule is Cc1ccc(CCCS(=O)(=O)CC2CCC(N(C)c3ncnc4[nH]ccc34)CC2)cc1. The maximum Gasteiger partial charge on any atom is 0.150 e. The lowest BCUT2D eigenvalue weighted by molar-refractivity contribution is 0.340. The zero-order valence-corrected chi connectivity index (χ0v) is 19.2. The highest BCUT2D eigenvalue weighted by molar-refractivity contribution is 7.91. The molecule has 0 atom stereocenters. The molecular formula is C24H32N4O2S.